The van der Waals surface area contributed by atoms with E-state index in [-0.39, 0.29) is 21.1 Å². The maximum atomic E-state index is 7.50. The van der Waals surface area contributed by atoms with Gasteiger partial charge in [-0.25, -0.2) is 0 Å². The summed E-state index contributed by atoms with van der Waals surface area (Å²) in [5.74, 6) is 0. The van der Waals surface area contributed by atoms with Crippen molar-refractivity contribution in [3.8, 4) is 0 Å². The average Bonchev–Trinajstić information content (AvgIpc) is 3.62. The standard InChI is InChI=1S/C27H24P.C5H10.2CO.HI.Mo.Pd/c1-22-16-18-23(19-17-22)20-24-10-8-9-11-25(24)21-28(26-12-4-2-5-13-26)27-14-6-3-7-15-27;1-2-4-5-3-1;2*1-2;;;/h2-20H,21H2,1H3;1-5H2;;;1H;;/q-1;;;;;;+2/p-1. The van der Waals surface area contributed by atoms with Crippen molar-refractivity contribution in [1.82, 2.24) is 0 Å². The Morgan fingerprint density at radius 3 is 1.50 bits per heavy atom. The normalized spacial score (nSPS) is 10.8. The van der Waals surface area contributed by atoms with E-state index < -0.39 is 7.92 Å². The van der Waals surface area contributed by atoms with Crippen LogP contribution in [0.5, 0.6) is 0 Å². The first-order chi connectivity index (χ1) is 19.3. The molecule has 1 aliphatic rings. The van der Waals surface area contributed by atoms with E-state index >= 15 is 0 Å². The first kappa shape index (κ1) is 38.7. The molecular formula is C34H34IMoO2PPd. The van der Waals surface area contributed by atoms with E-state index in [0.29, 0.717) is 0 Å². The van der Waals surface area contributed by atoms with Crippen molar-refractivity contribution in [1.29, 1.82) is 0 Å². The Bertz CT molecular complexity index is 1140. The zero-order valence-corrected chi connectivity index (χ0v) is 29.2. The van der Waals surface area contributed by atoms with E-state index in [0.717, 1.165) is 6.16 Å². The molecule has 210 valence electrons. The first-order valence-electron chi connectivity index (χ1n) is 12.7. The predicted molar refractivity (Wildman–Crippen MR) is 168 cm³/mol. The van der Waals surface area contributed by atoms with Gasteiger partial charge in [0.25, 0.3) is 0 Å². The molecule has 0 aromatic heterocycles. The number of rotatable bonds is 6. The summed E-state index contributed by atoms with van der Waals surface area (Å²) in [7, 11) is -0.443. The maximum absolute atomic E-state index is 7.50. The topological polar surface area (TPSA) is 39.8 Å². The molecule has 0 spiro atoms. The Morgan fingerprint density at radius 2 is 1.05 bits per heavy atom. The van der Waals surface area contributed by atoms with Crippen LogP contribution in [0.1, 0.15) is 54.4 Å². The summed E-state index contributed by atoms with van der Waals surface area (Å²) in [5, 5.41) is 2.85. The molecule has 0 bridgehead atoms. The summed E-state index contributed by atoms with van der Waals surface area (Å²) < 4.78 is 15.0. The van der Waals surface area contributed by atoms with E-state index in [1.54, 1.807) is 0 Å². The molecule has 6 heteroatoms. The van der Waals surface area contributed by atoms with Crippen molar-refractivity contribution >= 4 is 38.0 Å². The van der Waals surface area contributed by atoms with Gasteiger partial charge in [-0.05, 0) is 31.6 Å². The minimum absolute atomic E-state index is 0. The number of halogens is 1. The third-order valence-electron chi connectivity index (χ3n) is 6.17. The van der Waals surface area contributed by atoms with Gasteiger partial charge in [0.15, 0.2) is 0 Å². The fraction of sp³-hybridized carbons (Fsp3) is 0.206. The molecule has 0 radical (unpaired) electrons. The summed E-state index contributed by atoms with van der Waals surface area (Å²) in [5.41, 5.74) is 5.26. The van der Waals surface area contributed by atoms with Gasteiger partial charge in [0, 0.05) is 21.1 Å². The van der Waals surface area contributed by atoms with E-state index in [1.165, 1.54) is 65.0 Å². The Labute approximate surface area is 278 Å². The van der Waals surface area contributed by atoms with Crippen LogP contribution in [0.25, 0.3) is 0 Å². The van der Waals surface area contributed by atoms with Gasteiger partial charge < -0.3 is 0 Å². The fourth-order valence-corrected chi connectivity index (χ4v) is 6.62. The molecule has 4 aromatic carbocycles. The Hall–Kier alpha value is -1.26. The van der Waals surface area contributed by atoms with Crippen LogP contribution >= 0.6 is 27.4 Å². The van der Waals surface area contributed by atoms with Crippen molar-refractivity contribution in [3.63, 3.8) is 0 Å². The minimum atomic E-state index is -0.443. The predicted octanol–water partition coefficient (Wildman–Crippen LogP) is 8.98. The van der Waals surface area contributed by atoms with Gasteiger partial charge in [0.05, 0.1) is 0 Å². The van der Waals surface area contributed by atoms with Gasteiger partial charge in [0.1, 0.15) is 0 Å². The van der Waals surface area contributed by atoms with Crippen LogP contribution in [-0.2, 0) is 52.1 Å². The molecule has 0 amide bonds. The molecule has 0 heterocycles. The molecule has 2 nitrogen and oxygen atoms in total. The molecule has 0 atom stereocenters. The van der Waals surface area contributed by atoms with Crippen LogP contribution in [-0.4, -0.2) is 0 Å². The van der Waals surface area contributed by atoms with Crippen LogP contribution in [0.15, 0.2) is 109 Å². The second-order valence-corrected chi connectivity index (χ2v) is 11.0. The quantitative estimate of drug-likeness (QED) is 0.0613. The van der Waals surface area contributed by atoms with E-state index in [1.807, 2.05) is 19.5 Å². The second-order valence-electron chi connectivity index (χ2n) is 8.78. The van der Waals surface area contributed by atoms with Crippen LogP contribution in [0.3, 0.4) is 0 Å². The van der Waals surface area contributed by atoms with Crippen LogP contribution in [0.2, 0.25) is 0 Å². The molecule has 0 N–H and O–H groups in total. The molecule has 1 saturated carbocycles. The summed E-state index contributed by atoms with van der Waals surface area (Å²) in [6, 6.07) is 39.4. The monoisotopic (exact) mass is 836 g/mol. The molecule has 0 saturated heterocycles. The van der Waals surface area contributed by atoms with Gasteiger partial charge in [0.2, 0.25) is 0 Å². The van der Waals surface area contributed by atoms with Gasteiger partial charge in [-0.15, -0.1) is 35.7 Å². The zero-order valence-electron chi connectivity index (χ0n) is 22.6. The van der Waals surface area contributed by atoms with E-state index in [9.17, 15) is 0 Å². The Balaban J connectivity index is 0.00000109. The molecule has 1 aliphatic carbocycles. The van der Waals surface area contributed by atoms with Gasteiger partial charge in [-0.2, -0.15) is 0 Å². The molecule has 0 unspecified atom stereocenters. The van der Waals surface area contributed by atoms with Crippen molar-refractivity contribution in [2.24, 2.45) is 0 Å². The van der Waals surface area contributed by atoms with Crippen LogP contribution in [0.4, 0.5) is 0 Å². The average molecular weight is 835 g/mol. The van der Waals surface area contributed by atoms with Crippen LogP contribution < -0.4 is 10.6 Å². The summed E-state index contributed by atoms with van der Waals surface area (Å²) in [6.07, 6.45) is 10.8. The van der Waals surface area contributed by atoms with Gasteiger partial charge >= 0.3 is 57.7 Å². The third kappa shape index (κ3) is 14.6. The summed E-state index contributed by atoms with van der Waals surface area (Å²) in [4.78, 5) is 0. The summed E-state index contributed by atoms with van der Waals surface area (Å²) in [6.45, 7) is 11.1. The fourth-order valence-electron chi connectivity index (χ4n) is 4.26. The van der Waals surface area contributed by atoms with Crippen molar-refractivity contribution in [2.75, 3.05) is 0 Å². The van der Waals surface area contributed by atoms with Crippen molar-refractivity contribution < 1.29 is 46.0 Å². The molecular weight excluding hydrogens is 801 g/mol. The number of hydrogen-bond donors (Lipinski definition) is 0. The molecule has 4 aromatic rings. The van der Waals surface area contributed by atoms with E-state index in [2.05, 4.69) is 151 Å². The Kier molecular flexibility index (Phi) is 24.6. The van der Waals surface area contributed by atoms with Crippen molar-refractivity contribution in [2.45, 2.75) is 45.2 Å². The van der Waals surface area contributed by atoms with Crippen LogP contribution in [0, 0.1) is 26.6 Å². The zero-order chi connectivity index (χ0) is 28.7. The molecule has 1 fully saturated rings. The number of aryl methyl sites for hydroxylation is 1. The number of hydrogen-bond acceptors (Lipinski definition) is 0. The first-order valence-corrected chi connectivity index (χ1v) is 18.8. The van der Waals surface area contributed by atoms with Crippen molar-refractivity contribution in [3.05, 3.63) is 151 Å². The molecule has 5 rings (SSSR count). The third-order valence-corrected chi connectivity index (χ3v) is 8.67. The Morgan fingerprint density at radius 1 is 0.650 bits per heavy atom. The second kappa shape index (κ2) is 25.5. The summed E-state index contributed by atoms with van der Waals surface area (Å²) >= 11 is 4.72. The molecule has 40 heavy (non-hydrogen) atoms. The van der Waals surface area contributed by atoms with E-state index in [4.69, 9.17) is 9.30 Å². The number of benzene rings is 4. The van der Waals surface area contributed by atoms with Gasteiger partial charge in [-0.1, -0.05) is 134 Å². The SMILES string of the molecule is C1CCCC1.Cc1ccc([CH-]c2ccccc2CP(c2ccccc2)c2ccccc2)cc1.[C-]#[O+].[C-]#[O+].[Mo].[Pd+][I]. The molecule has 0 aliphatic heterocycles. The van der Waals surface area contributed by atoms with Gasteiger partial charge in [-0.3, -0.25) is 0 Å².